The van der Waals surface area contributed by atoms with Gasteiger partial charge in [-0.15, -0.1) is 11.3 Å². The van der Waals surface area contributed by atoms with Gasteiger partial charge in [0, 0.05) is 42.2 Å². The van der Waals surface area contributed by atoms with Gasteiger partial charge < -0.3 is 40.2 Å². The molecule has 0 bridgehead atoms. The molecule has 16 heteroatoms. The zero-order chi connectivity index (χ0) is 38.0. The van der Waals surface area contributed by atoms with Crippen molar-refractivity contribution in [2.24, 2.45) is 5.92 Å². The molecule has 3 fully saturated rings. The fourth-order valence-electron chi connectivity index (χ4n) is 7.27. The van der Waals surface area contributed by atoms with Crippen LogP contribution < -0.4 is 25.4 Å². The van der Waals surface area contributed by atoms with Crippen molar-refractivity contribution in [3.8, 4) is 22.9 Å². The Bertz CT molecular complexity index is 1980. The number of nitrogens with zero attached hydrogens (tertiary/aromatic N) is 3. The fraction of sp³-hybridized carbons (Fsp3) is 0.500. The molecule has 1 unspecified atom stereocenters. The summed E-state index contributed by atoms with van der Waals surface area (Å²) in [5, 5.41) is 21.3. The van der Waals surface area contributed by atoms with Crippen LogP contribution in [0.1, 0.15) is 71.1 Å². The van der Waals surface area contributed by atoms with Gasteiger partial charge in [0.05, 0.1) is 24.9 Å². The molecule has 15 nitrogen and oxygen atoms in total. The smallest absolute Gasteiger partial charge is 0.408 e. The first-order valence-electron chi connectivity index (χ1n) is 18.4. The summed E-state index contributed by atoms with van der Waals surface area (Å²) in [6, 6.07) is 5.02. The van der Waals surface area contributed by atoms with E-state index in [9.17, 15) is 29.1 Å². The van der Waals surface area contributed by atoms with Crippen molar-refractivity contribution in [2.45, 2.75) is 101 Å². The Labute approximate surface area is 315 Å². The van der Waals surface area contributed by atoms with Crippen molar-refractivity contribution < 1.29 is 43.3 Å². The third-order valence-electron chi connectivity index (χ3n) is 10.6. The second-order valence-corrected chi connectivity index (χ2v) is 15.2. The third kappa shape index (κ3) is 7.98. The number of amides is 4. The van der Waals surface area contributed by atoms with Crippen molar-refractivity contribution in [1.82, 2.24) is 25.5 Å². The average molecular weight is 761 g/mol. The maximum absolute atomic E-state index is 14.4. The minimum atomic E-state index is -1.47. The van der Waals surface area contributed by atoms with Gasteiger partial charge in [-0.05, 0) is 57.1 Å². The van der Waals surface area contributed by atoms with E-state index in [1.807, 2.05) is 12.2 Å². The van der Waals surface area contributed by atoms with Crippen molar-refractivity contribution in [3.63, 3.8) is 0 Å². The molecule has 4 heterocycles. The van der Waals surface area contributed by atoms with Gasteiger partial charge in [-0.2, -0.15) is 0 Å². The van der Waals surface area contributed by atoms with Gasteiger partial charge in [0.15, 0.2) is 5.13 Å². The lowest BCUT2D eigenvalue weighted by Gasteiger charge is -2.30. The Morgan fingerprint density at radius 2 is 1.87 bits per heavy atom. The topological polar surface area (TPSA) is 198 Å². The number of hydrogen-bond donors (Lipinski definition) is 4. The van der Waals surface area contributed by atoms with E-state index in [4.69, 9.17) is 19.2 Å². The second-order valence-electron chi connectivity index (χ2n) is 14.4. The summed E-state index contributed by atoms with van der Waals surface area (Å²) in [7, 11) is 1.55. The van der Waals surface area contributed by atoms with Crippen LogP contribution in [-0.4, -0.2) is 93.2 Å². The average Bonchev–Trinajstić information content (AvgIpc) is 3.40. The molecule has 54 heavy (non-hydrogen) atoms. The van der Waals surface area contributed by atoms with Gasteiger partial charge in [0.25, 0.3) is 0 Å². The summed E-state index contributed by atoms with van der Waals surface area (Å²) in [4.78, 5) is 76.4. The Hall–Kier alpha value is -5.25. The van der Waals surface area contributed by atoms with Crippen molar-refractivity contribution in [2.75, 3.05) is 19.0 Å². The molecule has 0 radical (unpaired) electrons. The van der Waals surface area contributed by atoms with Crippen LogP contribution in [-0.2, 0) is 23.9 Å². The zero-order valence-electron chi connectivity index (χ0n) is 30.2. The number of rotatable bonds is 8. The largest absolute Gasteiger partial charge is 0.497 e. The van der Waals surface area contributed by atoms with Crippen LogP contribution in [0, 0.1) is 5.92 Å². The van der Waals surface area contributed by atoms with E-state index < -0.39 is 47.6 Å². The lowest BCUT2D eigenvalue weighted by molar-refractivity contribution is -0.145. The number of aliphatic carboxylic acids is 1. The number of alkyl carbamates (subject to hydrolysis) is 1. The van der Waals surface area contributed by atoms with Crippen LogP contribution in [0.3, 0.4) is 0 Å². The summed E-state index contributed by atoms with van der Waals surface area (Å²) in [5.41, 5.74) is 0.0420. The number of nitrogens with one attached hydrogen (secondary N) is 3. The van der Waals surface area contributed by atoms with Crippen molar-refractivity contribution >= 4 is 57.2 Å². The lowest BCUT2D eigenvalue weighted by Crippen LogP contribution is -2.56. The van der Waals surface area contributed by atoms with E-state index in [0.717, 1.165) is 38.5 Å². The number of fused-ring (bicyclic) bond motifs is 3. The van der Waals surface area contributed by atoms with E-state index >= 15 is 0 Å². The van der Waals surface area contributed by atoms with Crippen LogP contribution in [0.5, 0.6) is 11.5 Å². The van der Waals surface area contributed by atoms with E-state index in [2.05, 4.69) is 20.9 Å². The molecular formula is C38H44N6O9S. The molecule has 1 aromatic carbocycles. The predicted octanol–water partition coefficient (Wildman–Crippen LogP) is 4.80. The van der Waals surface area contributed by atoms with Crippen LogP contribution in [0.2, 0.25) is 0 Å². The number of pyridine rings is 1. The minimum Gasteiger partial charge on any atom is -0.497 e. The Kier molecular flexibility index (Phi) is 10.7. The van der Waals surface area contributed by atoms with Crippen LogP contribution >= 0.6 is 11.3 Å². The zero-order valence-corrected chi connectivity index (χ0v) is 31.0. The standard InChI is InChI=1S/C38H44N6O9S/c1-21(45)39-36-41-30(20-54-36)29-17-32(26-14-13-24(51-2)15-28(26)40-29)52-25-16-31-33(46)43-38(35(48)49)18-22(38)9-6-4-3-5-7-12-27(34(47)44(31)19-25)42-37(50)53-23-10-8-11-23/h6,9,13-15,17,20,22-23,25,27,31H,3-5,7-8,10-12,16,18-19H2,1-2H3,(H,42,50)(H,43,46)(H,48,49)(H,39,41,45)/b9-6-/t22?,25-,27-,31+,38-/m1/s1. The molecule has 0 spiro atoms. The highest BCUT2D eigenvalue weighted by Gasteiger charge is 2.61. The highest BCUT2D eigenvalue weighted by molar-refractivity contribution is 7.14. The van der Waals surface area contributed by atoms with E-state index in [0.29, 0.717) is 51.8 Å². The predicted molar refractivity (Wildman–Crippen MR) is 198 cm³/mol. The SMILES string of the molecule is COc1ccc2c(O[C@@H]3C[C@H]4C(=O)N[C@]5(C(=O)O)CC5/C=C\CCCCC[C@@H](NC(=O)OC5CCC5)C(=O)N4C3)cc(-c3csc(NC(C)=O)n3)nc2c1. The van der Waals surface area contributed by atoms with E-state index in [1.54, 1.807) is 36.8 Å². The van der Waals surface area contributed by atoms with Crippen molar-refractivity contribution in [1.29, 1.82) is 0 Å². The number of methoxy groups -OCH3 is 1. The number of allylic oxidation sites excluding steroid dienone is 1. The molecule has 7 rings (SSSR count). The number of aromatic nitrogens is 2. The summed E-state index contributed by atoms with van der Waals surface area (Å²) in [6.45, 7) is 1.39. The number of carbonyl (C=O) groups excluding carboxylic acids is 4. The Morgan fingerprint density at radius 3 is 2.61 bits per heavy atom. The molecular weight excluding hydrogens is 717 g/mol. The van der Waals surface area contributed by atoms with E-state index in [1.165, 1.54) is 23.2 Å². The lowest BCUT2D eigenvalue weighted by atomic mass is 9.96. The first kappa shape index (κ1) is 37.1. The maximum Gasteiger partial charge on any atom is 0.408 e. The number of thiazole rings is 1. The molecule has 286 valence electrons. The molecule has 4 aliphatic rings. The third-order valence-corrected chi connectivity index (χ3v) is 11.3. The van der Waals surface area contributed by atoms with Gasteiger partial charge in [-0.25, -0.2) is 19.6 Å². The molecule has 4 N–H and O–H groups in total. The molecule has 2 aromatic heterocycles. The number of ether oxygens (including phenoxy) is 3. The number of anilines is 1. The normalized spacial score (nSPS) is 26.5. The maximum atomic E-state index is 14.4. The van der Waals surface area contributed by atoms with Gasteiger partial charge in [0.1, 0.15) is 47.0 Å². The van der Waals surface area contributed by atoms with Crippen LogP contribution in [0.25, 0.3) is 22.3 Å². The Morgan fingerprint density at radius 1 is 1.04 bits per heavy atom. The molecule has 2 aliphatic carbocycles. The summed E-state index contributed by atoms with van der Waals surface area (Å²) >= 11 is 1.25. The summed E-state index contributed by atoms with van der Waals surface area (Å²) < 4.78 is 17.6. The second kappa shape index (κ2) is 15.6. The molecule has 2 saturated carbocycles. The van der Waals surface area contributed by atoms with Gasteiger partial charge in [-0.3, -0.25) is 14.4 Å². The van der Waals surface area contributed by atoms with Crippen LogP contribution in [0.15, 0.2) is 41.8 Å². The Balaban J connectivity index is 1.20. The quantitative estimate of drug-likeness (QED) is 0.230. The molecule has 4 amide bonds. The van der Waals surface area contributed by atoms with Crippen molar-refractivity contribution in [3.05, 3.63) is 41.8 Å². The highest BCUT2D eigenvalue weighted by atomic mass is 32.1. The first-order chi connectivity index (χ1) is 26.0. The number of carboxylic acid groups (broad SMARTS) is 1. The van der Waals surface area contributed by atoms with E-state index in [-0.39, 0.29) is 37.3 Å². The minimum absolute atomic E-state index is 0.00510. The molecule has 2 aliphatic heterocycles. The number of benzene rings is 1. The summed E-state index contributed by atoms with van der Waals surface area (Å²) in [6.07, 6.45) is 8.44. The van der Waals surface area contributed by atoms with Crippen LogP contribution in [0.4, 0.5) is 9.93 Å². The monoisotopic (exact) mass is 760 g/mol. The molecule has 5 atom stereocenters. The highest BCUT2D eigenvalue weighted by Crippen LogP contribution is 2.45. The summed E-state index contributed by atoms with van der Waals surface area (Å²) in [5.74, 6) is -1.83. The first-order valence-corrected chi connectivity index (χ1v) is 19.3. The number of carboxylic acids is 1. The number of hydrogen-bond acceptors (Lipinski definition) is 11. The number of carbonyl (C=O) groups is 5. The molecule has 3 aromatic rings. The van der Waals surface area contributed by atoms with Gasteiger partial charge >= 0.3 is 12.1 Å². The van der Waals surface area contributed by atoms with Gasteiger partial charge in [0.2, 0.25) is 17.7 Å². The fourth-order valence-corrected chi connectivity index (χ4v) is 8.02. The van der Waals surface area contributed by atoms with Gasteiger partial charge in [-0.1, -0.05) is 25.0 Å². The molecule has 1 saturated heterocycles.